The Kier molecular flexibility index (Phi) is 11.4. The van der Waals surface area contributed by atoms with Crippen LogP contribution in [0.3, 0.4) is 0 Å². The van der Waals surface area contributed by atoms with Gasteiger partial charge in [0, 0.05) is 0 Å². The molecule has 0 bridgehead atoms. The molecular formula is C25H40N2O5Si. The molecule has 7 nitrogen and oxygen atoms in total. The second-order valence-electron chi connectivity index (χ2n) is 9.56. The molecule has 3 unspecified atom stereocenters. The lowest BCUT2D eigenvalue weighted by molar-refractivity contribution is 0.106. The lowest BCUT2D eigenvalue weighted by atomic mass is 10.0. The van der Waals surface area contributed by atoms with Crippen molar-refractivity contribution < 1.29 is 23.5 Å². The Labute approximate surface area is 199 Å². The minimum Gasteiger partial charge on any atom is -0.447 e. The van der Waals surface area contributed by atoms with E-state index in [1.807, 2.05) is 37.3 Å². The molecule has 0 aliphatic heterocycles. The van der Waals surface area contributed by atoms with Gasteiger partial charge in [-0.25, -0.2) is 9.59 Å². The standard InChI is InChI=1S/C25H40N2O5Si/c1-9-19(3)22(27-24(29)30-16-20-14-12-11-13-15-20)18-31-23(28)26-21(10-2)17-32-33(7,8)25(4,5)6/h9-15,19,21-22H,1-2,16-18H2,3-8H3,(H,26,28)(H,27,29). The summed E-state index contributed by atoms with van der Waals surface area (Å²) < 4.78 is 16.8. The highest BCUT2D eigenvalue weighted by Crippen LogP contribution is 2.36. The topological polar surface area (TPSA) is 85.9 Å². The molecule has 1 aromatic rings. The van der Waals surface area contributed by atoms with Crippen molar-refractivity contribution in [3.8, 4) is 0 Å². The molecule has 0 aliphatic carbocycles. The molecule has 0 saturated heterocycles. The van der Waals surface area contributed by atoms with Crippen molar-refractivity contribution in [3.63, 3.8) is 0 Å². The summed E-state index contributed by atoms with van der Waals surface area (Å²) in [6.45, 7) is 20.6. The summed E-state index contributed by atoms with van der Waals surface area (Å²) in [7, 11) is -1.95. The van der Waals surface area contributed by atoms with Gasteiger partial charge >= 0.3 is 12.2 Å². The Morgan fingerprint density at radius 1 is 1.00 bits per heavy atom. The van der Waals surface area contributed by atoms with E-state index in [-0.39, 0.29) is 30.2 Å². The summed E-state index contributed by atoms with van der Waals surface area (Å²) >= 11 is 0. The van der Waals surface area contributed by atoms with Gasteiger partial charge in [-0.1, -0.05) is 70.2 Å². The number of hydrogen-bond donors (Lipinski definition) is 2. The number of amides is 2. The summed E-state index contributed by atoms with van der Waals surface area (Å²) in [4.78, 5) is 24.6. The van der Waals surface area contributed by atoms with E-state index in [0.29, 0.717) is 6.61 Å². The van der Waals surface area contributed by atoms with Crippen molar-refractivity contribution in [1.82, 2.24) is 10.6 Å². The Bertz CT molecular complexity index is 777. The van der Waals surface area contributed by atoms with Crippen molar-refractivity contribution in [2.75, 3.05) is 13.2 Å². The molecule has 0 aromatic heterocycles. The third-order valence-electron chi connectivity index (χ3n) is 5.93. The molecule has 2 N–H and O–H groups in total. The van der Waals surface area contributed by atoms with Gasteiger partial charge in [-0.15, -0.1) is 13.2 Å². The number of carbonyl (C=O) groups excluding carboxylic acids is 2. The average Bonchev–Trinajstić information content (AvgIpc) is 2.77. The minimum absolute atomic E-state index is 0.0353. The van der Waals surface area contributed by atoms with Crippen molar-refractivity contribution in [2.24, 2.45) is 5.92 Å². The zero-order chi connectivity index (χ0) is 25.1. The number of rotatable bonds is 12. The van der Waals surface area contributed by atoms with Crippen LogP contribution in [0.5, 0.6) is 0 Å². The molecule has 3 atom stereocenters. The van der Waals surface area contributed by atoms with E-state index >= 15 is 0 Å². The molecule has 1 rings (SSSR count). The van der Waals surface area contributed by atoms with Crippen molar-refractivity contribution in [3.05, 3.63) is 61.2 Å². The molecule has 0 radical (unpaired) electrons. The predicted octanol–water partition coefficient (Wildman–Crippen LogP) is 5.41. The molecule has 33 heavy (non-hydrogen) atoms. The van der Waals surface area contributed by atoms with Gasteiger partial charge in [0.2, 0.25) is 0 Å². The van der Waals surface area contributed by atoms with Gasteiger partial charge in [-0.2, -0.15) is 0 Å². The molecule has 8 heteroatoms. The molecule has 184 valence electrons. The number of ether oxygens (including phenoxy) is 2. The van der Waals surface area contributed by atoms with Gasteiger partial charge in [-0.05, 0) is 29.6 Å². The fourth-order valence-corrected chi connectivity index (χ4v) is 3.48. The third-order valence-corrected chi connectivity index (χ3v) is 10.4. The van der Waals surface area contributed by atoms with Crippen LogP contribution >= 0.6 is 0 Å². The van der Waals surface area contributed by atoms with Crippen LogP contribution < -0.4 is 10.6 Å². The van der Waals surface area contributed by atoms with Gasteiger partial charge < -0.3 is 24.5 Å². The van der Waals surface area contributed by atoms with E-state index < -0.39 is 26.5 Å². The highest BCUT2D eigenvalue weighted by molar-refractivity contribution is 6.74. The van der Waals surface area contributed by atoms with Crippen LogP contribution in [0.2, 0.25) is 18.1 Å². The van der Waals surface area contributed by atoms with Crippen molar-refractivity contribution >= 4 is 20.5 Å². The lowest BCUT2D eigenvalue weighted by Gasteiger charge is -2.37. The maximum Gasteiger partial charge on any atom is 0.407 e. The SMILES string of the molecule is C=CC(CO[Si](C)(C)C(C)(C)C)NC(=O)OCC(NC(=O)OCc1ccccc1)C(C)C=C. The summed E-state index contributed by atoms with van der Waals surface area (Å²) in [5, 5.41) is 5.56. The first-order chi connectivity index (χ1) is 15.4. The summed E-state index contributed by atoms with van der Waals surface area (Å²) in [6, 6.07) is 8.52. The van der Waals surface area contributed by atoms with Crippen LogP contribution in [0.4, 0.5) is 9.59 Å². The zero-order valence-electron chi connectivity index (χ0n) is 20.9. The average molecular weight is 477 g/mol. The first-order valence-electron chi connectivity index (χ1n) is 11.2. The fourth-order valence-electron chi connectivity index (χ4n) is 2.45. The van der Waals surface area contributed by atoms with Crippen LogP contribution in [-0.2, 0) is 20.5 Å². The monoisotopic (exact) mass is 476 g/mol. The molecule has 1 aromatic carbocycles. The van der Waals surface area contributed by atoms with Crippen LogP contribution in [0.25, 0.3) is 0 Å². The third kappa shape index (κ3) is 10.3. The maximum absolute atomic E-state index is 12.4. The van der Waals surface area contributed by atoms with E-state index in [0.717, 1.165) is 5.56 Å². The highest BCUT2D eigenvalue weighted by Gasteiger charge is 2.37. The first kappa shape index (κ1) is 28.4. The normalized spacial score (nSPS) is 14.4. The predicted molar refractivity (Wildman–Crippen MR) is 135 cm³/mol. The number of alkyl carbamates (subject to hydrolysis) is 2. The Morgan fingerprint density at radius 3 is 2.15 bits per heavy atom. The van der Waals surface area contributed by atoms with E-state index in [4.69, 9.17) is 13.9 Å². The van der Waals surface area contributed by atoms with Gasteiger partial charge in [-0.3, -0.25) is 0 Å². The van der Waals surface area contributed by atoms with Crippen molar-refractivity contribution in [1.29, 1.82) is 0 Å². The summed E-state index contributed by atoms with van der Waals surface area (Å²) in [5.41, 5.74) is 0.881. The van der Waals surface area contributed by atoms with Gasteiger partial charge in [0.15, 0.2) is 8.32 Å². The molecule has 0 aliphatic rings. The number of nitrogens with one attached hydrogen (secondary N) is 2. The largest absolute Gasteiger partial charge is 0.447 e. The first-order valence-corrected chi connectivity index (χ1v) is 14.1. The Balaban J connectivity index is 2.55. The number of carbonyl (C=O) groups is 2. The Morgan fingerprint density at radius 2 is 1.61 bits per heavy atom. The van der Waals surface area contributed by atoms with Crippen LogP contribution in [0, 0.1) is 5.92 Å². The number of benzene rings is 1. The van der Waals surface area contributed by atoms with Crippen LogP contribution in [0.15, 0.2) is 55.6 Å². The number of hydrogen-bond acceptors (Lipinski definition) is 5. The highest BCUT2D eigenvalue weighted by atomic mass is 28.4. The molecule has 0 saturated carbocycles. The molecule has 2 amide bonds. The quantitative estimate of drug-likeness (QED) is 0.311. The smallest absolute Gasteiger partial charge is 0.407 e. The molecule has 0 spiro atoms. The van der Waals surface area contributed by atoms with E-state index in [1.54, 1.807) is 12.2 Å². The van der Waals surface area contributed by atoms with E-state index in [2.05, 4.69) is 57.7 Å². The van der Waals surface area contributed by atoms with Gasteiger partial charge in [0.25, 0.3) is 0 Å². The molecular weight excluding hydrogens is 436 g/mol. The van der Waals surface area contributed by atoms with Crippen LogP contribution in [0.1, 0.15) is 33.3 Å². The lowest BCUT2D eigenvalue weighted by Crippen LogP contribution is -2.47. The second kappa shape index (κ2) is 13.2. The summed E-state index contributed by atoms with van der Waals surface area (Å²) in [6.07, 6.45) is 2.10. The summed E-state index contributed by atoms with van der Waals surface area (Å²) in [5.74, 6) is -0.140. The maximum atomic E-state index is 12.4. The fraction of sp³-hybridized carbons (Fsp3) is 0.520. The van der Waals surface area contributed by atoms with Crippen molar-refractivity contribution in [2.45, 2.75) is 64.5 Å². The van der Waals surface area contributed by atoms with Gasteiger partial charge in [0.1, 0.15) is 13.2 Å². The molecule has 0 heterocycles. The second-order valence-corrected chi connectivity index (χ2v) is 14.4. The van der Waals surface area contributed by atoms with E-state index in [1.165, 1.54) is 0 Å². The minimum atomic E-state index is -1.95. The van der Waals surface area contributed by atoms with Gasteiger partial charge in [0.05, 0.1) is 18.7 Å². The van der Waals surface area contributed by atoms with E-state index in [9.17, 15) is 9.59 Å². The Hall–Kier alpha value is -2.58. The zero-order valence-corrected chi connectivity index (χ0v) is 21.9. The van der Waals surface area contributed by atoms with Crippen LogP contribution in [-0.4, -0.2) is 45.8 Å². The molecule has 0 fully saturated rings.